The minimum atomic E-state index is -1.02. The standard InChI is InChI=1S/C36H52N4O9/c1-10-15-38-31-25-17-21(2)18-29(47-9)34(48-30(42)14-16-40(6)7)24(5)19-23(4)33(49-36(37)45)28(46-8)13-11-12-22(3)35(44)39-26(32(25)43)20-27(31)41/h10-13,19-21,24,28-29,33-34,38H,1,14-18H2,2-9H3,(H2,37,45)(H,39,44)/b13-11-,22-12+,23-19+/t21-,24+,28-,29-,33+,34-/m1/s1. The molecule has 0 aromatic carbocycles. The molecule has 2 amide bonds. The lowest BCUT2D eigenvalue weighted by Crippen LogP contribution is -2.40. The van der Waals surface area contributed by atoms with Crippen molar-refractivity contribution in [3.63, 3.8) is 0 Å². The van der Waals surface area contributed by atoms with Crippen molar-refractivity contribution >= 4 is 29.5 Å². The highest BCUT2D eigenvalue weighted by molar-refractivity contribution is 6.23. The first-order valence-electron chi connectivity index (χ1n) is 16.2. The van der Waals surface area contributed by atoms with Gasteiger partial charge in [0.15, 0.2) is 6.10 Å². The van der Waals surface area contributed by atoms with E-state index >= 15 is 0 Å². The van der Waals surface area contributed by atoms with Crippen LogP contribution in [-0.2, 0) is 38.1 Å². The molecule has 2 rings (SSSR count). The van der Waals surface area contributed by atoms with Gasteiger partial charge in [-0.3, -0.25) is 19.2 Å². The van der Waals surface area contributed by atoms with Crippen LogP contribution in [0.3, 0.4) is 0 Å². The van der Waals surface area contributed by atoms with Crippen LogP contribution in [0.15, 0.2) is 71.1 Å². The molecule has 13 nitrogen and oxygen atoms in total. The van der Waals surface area contributed by atoms with Crippen molar-refractivity contribution in [2.75, 3.05) is 41.4 Å². The van der Waals surface area contributed by atoms with Crippen LogP contribution in [0.5, 0.6) is 0 Å². The SMILES string of the molecule is C=CCNC1=C2C[C@@H](C)C[C@@H](OC)[C@H](OC(=O)CCN(C)C)[C@@H](C)/C=C(\C)[C@H](OC(N)=O)[C@H](OC)/C=C\C=C(/C)C(=O)NC(=CC1=O)C2=O. The Kier molecular flexibility index (Phi) is 16.3. The van der Waals surface area contributed by atoms with E-state index < -0.39 is 59.9 Å². The zero-order valence-corrected chi connectivity index (χ0v) is 29.9. The molecule has 13 heteroatoms. The largest absolute Gasteiger partial charge is 0.459 e. The monoisotopic (exact) mass is 684 g/mol. The van der Waals surface area contributed by atoms with Gasteiger partial charge in [-0.2, -0.15) is 0 Å². The van der Waals surface area contributed by atoms with E-state index in [0.29, 0.717) is 18.5 Å². The number of nitrogens with two attached hydrogens (primary N) is 1. The highest BCUT2D eigenvalue weighted by Crippen LogP contribution is 2.30. The summed E-state index contributed by atoms with van der Waals surface area (Å²) >= 11 is 0. The van der Waals surface area contributed by atoms with E-state index in [1.807, 2.05) is 38.9 Å². The maximum atomic E-state index is 13.8. The fourth-order valence-electron chi connectivity index (χ4n) is 5.65. The highest BCUT2D eigenvalue weighted by atomic mass is 16.6. The van der Waals surface area contributed by atoms with Crippen molar-refractivity contribution in [2.45, 2.75) is 71.4 Å². The number of carbonyl (C=O) groups is 5. The second-order valence-electron chi connectivity index (χ2n) is 12.6. The van der Waals surface area contributed by atoms with Gasteiger partial charge in [0.05, 0.1) is 23.9 Å². The molecule has 0 fully saturated rings. The van der Waals surface area contributed by atoms with Crippen LogP contribution in [0.1, 0.15) is 47.0 Å². The average molecular weight is 685 g/mol. The van der Waals surface area contributed by atoms with Crippen LogP contribution in [0.4, 0.5) is 4.79 Å². The second-order valence-corrected chi connectivity index (χ2v) is 12.6. The summed E-state index contributed by atoms with van der Waals surface area (Å²) in [7, 11) is 6.65. The first kappa shape index (κ1) is 40.8. The van der Waals surface area contributed by atoms with Gasteiger partial charge in [-0.25, -0.2) is 4.79 Å². The van der Waals surface area contributed by atoms with Crippen LogP contribution in [0, 0.1) is 11.8 Å². The summed E-state index contributed by atoms with van der Waals surface area (Å²) in [5.74, 6) is -2.68. The fourth-order valence-corrected chi connectivity index (χ4v) is 5.65. The first-order chi connectivity index (χ1) is 23.1. The molecular weight excluding hydrogens is 632 g/mol. The smallest absolute Gasteiger partial charge is 0.405 e. The van der Waals surface area contributed by atoms with Gasteiger partial charge in [0.2, 0.25) is 11.6 Å². The van der Waals surface area contributed by atoms with E-state index in [0.717, 1.165) is 6.08 Å². The van der Waals surface area contributed by atoms with E-state index in [1.165, 1.54) is 20.3 Å². The van der Waals surface area contributed by atoms with Crippen molar-refractivity contribution < 1.29 is 42.9 Å². The number of esters is 1. The van der Waals surface area contributed by atoms with Crippen LogP contribution >= 0.6 is 0 Å². The summed E-state index contributed by atoms with van der Waals surface area (Å²) in [6.45, 7) is 11.5. The third kappa shape index (κ3) is 12.3. The Morgan fingerprint density at radius 2 is 1.82 bits per heavy atom. The Hall–Kier alpha value is -4.33. The minimum Gasteiger partial charge on any atom is -0.459 e. The number of ketones is 2. The number of rotatable bonds is 10. The summed E-state index contributed by atoms with van der Waals surface area (Å²) in [6.07, 6.45) is 5.52. The van der Waals surface area contributed by atoms with Crippen molar-refractivity contribution in [2.24, 2.45) is 17.6 Å². The molecule has 0 aromatic rings. The highest BCUT2D eigenvalue weighted by Gasteiger charge is 2.35. The minimum absolute atomic E-state index is 0.134. The number of fused-ring (bicyclic) bond motifs is 2. The van der Waals surface area contributed by atoms with Crippen LogP contribution in [-0.4, -0.2) is 100 Å². The number of hydrogen-bond acceptors (Lipinski definition) is 11. The molecule has 1 aliphatic heterocycles. The lowest BCUT2D eigenvalue weighted by atomic mass is 9.85. The molecule has 2 bridgehead atoms. The van der Waals surface area contributed by atoms with Gasteiger partial charge >= 0.3 is 12.1 Å². The number of nitrogens with one attached hydrogen (secondary N) is 2. The predicted molar refractivity (Wildman–Crippen MR) is 185 cm³/mol. The second kappa shape index (κ2) is 19.6. The zero-order chi connectivity index (χ0) is 36.8. The zero-order valence-electron chi connectivity index (χ0n) is 29.9. The quantitative estimate of drug-likeness (QED) is 0.175. The molecule has 2 aliphatic rings. The Balaban J connectivity index is 2.73. The van der Waals surface area contributed by atoms with Gasteiger partial charge in [-0.05, 0) is 52.3 Å². The molecule has 0 saturated heterocycles. The van der Waals surface area contributed by atoms with Gasteiger partial charge in [-0.15, -0.1) is 6.58 Å². The molecule has 0 saturated carbocycles. The van der Waals surface area contributed by atoms with Crippen LogP contribution in [0.25, 0.3) is 0 Å². The number of Topliss-reactive ketones (excluding diaryl/α,β-unsaturated/α-hetero) is 1. The molecule has 4 N–H and O–H groups in total. The fraction of sp³-hybridized carbons (Fsp3) is 0.528. The average Bonchev–Trinajstić information content (AvgIpc) is 3.03. The van der Waals surface area contributed by atoms with Crippen molar-refractivity contribution in [1.29, 1.82) is 0 Å². The Labute approximate surface area is 289 Å². The Bertz CT molecular complexity index is 1410. The topological polar surface area (TPSA) is 176 Å². The van der Waals surface area contributed by atoms with Crippen LogP contribution < -0.4 is 16.4 Å². The molecule has 0 spiro atoms. The molecule has 270 valence electrons. The number of allylic oxidation sites excluding steroid dienone is 4. The number of carbonyl (C=O) groups excluding carboxylic acids is 5. The van der Waals surface area contributed by atoms with Gasteiger partial charge in [-0.1, -0.05) is 44.2 Å². The number of ether oxygens (including phenoxy) is 4. The van der Waals surface area contributed by atoms with Crippen molar-refractivity contribution in [3.8, 4) is 0 Å². The maximum Gasteiger partial charge on any atom is 0.405 e. The number of amides is 2. The summed E-state index contributed by atoms with van der Waals surface area (Å²) < 4.78 is 23.1. The van der Waals surface area contributed by atoms with Gasteiger partial charge in [0, 0.05) is 50.4 Å². The molecule has 0 unspecified atom stereocenters. The number of hydrogen-bond donors (Lipinski definition) is 3. The number of nitrogens with zero attached hydrogens (tertiary/aromatic N) is 1. The molecule has 1 heterocycles. The lowest BCUT2D eigenvalue weighted by Gasteiger charge is -2.33. The van der Waals surface area contributed by atoms with Gasteiger partial charge in [0.1, 0.15) is 12.2 Å². The Morgan fingerprint density at radius 3 is 2.41 bits per heavy atom. The predicted octanol–water partition coefficient (Wildman–Crippen LogP) is 3.04. The Morgan fingerprint density at radius 1 is 1.12 bits per heavy atom. The van der Waals surface area contributed by atoms with E-state index in [9.17, 15) is 24.0 Å². The lowest BCUT2D eigenvalue weighted by molar-refractivity contribution is -0.160. The van der Waals surface area contributed by atoms with Crippen LogP contribution in [0.2, 0.25) is 0 Å². The van der Waals surface area contributed by atoms with E-state index in [2.05, 4.69) is 17.2 Å². The maximum absolute atomic E-state index is 13.8. The summed E-state index contributed by atoms with van der Waals surface area (Å²) in [6, 6.07) is 0. The normalized spacial score (nSPS) is 28.8. The van der Waals surface area contributed by atoms with Crippen molar-refractivity contribution in [3.05, 3.63) is 71.1 Å². The van der Waals surface area contributed by atoms with Gasteiger partial charge < -0.3 is 40.2 Å². The van der Waals surface area contributed by atoms with E-state index in [1.54, 1.807) is 32.1 Å². The van der Waals surface area contributed by atoms with Gasteiger partial charge in [0.25, 0.3) is 5.91 Å². The number of primary amides is 1. The molecule has 6 atom stereocenters. The summed E-state index contributed by atoms with van der Waals surface area (Å²) in [5, 5.41) is 5.57. The molecule has 1 aliphatic carbocycles. The first-order valence-corrected chi connectivity index (χ1v) is 16.2. The van der Waals surface area contributed by atoms with E-state index in [-0.39, 0.29) is 47.8 Å². The molecule has 49 heavy (non-hydrogen) atoms. The summed E-state index contributed by atoms with van der Waals surface area (Å²) in [5.41, 5.74) is 6.44. The molecule has 0 aromatic heterocycles. The molecular formula is C36H52N4O9. The van der Waals surface area contributed by atoms with Crippen molar-refractivity contribution in [1.82, 2.24) is 15.5 Å². The summed E-state index contributed by atoms with van der Waals surface area (Å²) in [4.78, 5) is 67.1. The molecule has 0 radical (unpaired) electrons. The third-order valence-corrected chi connectivity index (χ3v) is 8.21. The van der Waals surface area contributed by atoms with E-state index in [4.69, 9.17) is 24.7 Å². The third-order valence-electron chi connectivity index (χ3n) is 8.21. The number of methoxy groups -OCH3 is 2.